The third kappa shape index (κ3) is 5.32. The van der Waals surface area contributed by atoms with Crippen LogP contribution in [0.25, 0.3) is 10.2 Å². The Hall–Kier alpha value is -3.13. The van der Waals surface area contributed by atoms with Crippen molar-refractivity contribution in [3.8, 4) is 11.5 Å². The van der Waals surface area contributed by atoms with Gasteiger partial charge in [-0.05, 0) is 24.5 Å². The van der Waals surface area contributed by atoms with Gasteiger partial charge in [0.2, 0.25) is 0 Å². The summed E-state index contributed by atoms with van der Waals surface area (Å²) in [7, 11) is 3.10. The first-order valence-corrected chi connectivity index (χ1v) is 10.9. The van der Waals surface area contributed by atoms with Crippen LogP contribution in [0, 0.1) is 0 Å². The maximum atomic E-state index is 12.7. The van der Waals surface area contributed by atoms with Crippen LogP contribution in [0.15, 0.2) is 41.4 Å². The number of methoxy groups -OCH3 is 2. The Morgan fingerprint density at radius 1 is 1.00 bits per heavy atom. The number of amides is 1. The molecule has 31 heavy (non-hydrogen) atoms. The highest BCUT2D eigenvalue weighted by Crippen LogP contribution is 2.33. The normalized spacial score (nSPS) is 11.5. The summed E-state index contributed by atoms with van der Waals surface area (Å²) in [5.74, 6) is 0.404. The number of benzene rings is 2. The summed E-state index contributed by atoms with van der Waals surface area (Å²) in [4.78, 5) is 29.6. The number of ether oxygens (including phenoxy) is 3. The standard InChI is InChI=1S/C23H26N2O5S/c1-5-15-7-9-16(10-8-15)11-21(26)24-23-25(14-22(27)30-6-2)17-12-18(28-3)19(29-4)13-20(17)31-23/h7-10,12-13H,5-6,11,14H2,1-4H3. The van der Waals surface area contributed by atoms with Crippen molar-refractivity contribution in [2.24, 2.45) is 4.99 Å². The molecule has 0 radical (unpaired) electrons. The first kappa shape index (κ1) is 22.6. The minimum Gasteiger partial charge on any atom is -0.493 e. The Labute approximate surface area is 184 Å². The minimum atomic E-state index is -0.402. The maximum absolute atomic E-state index is 12.7. The lowest BCUT2D eigenvalue weighted by Crippen LogP contribution is -2.23. The molecule has 0 N–H and O–H groups in total. The molecule has 7 nitrogen and oxygen atoms in total. The van der Waals surface area contributed by atoms with Crippen LogP contribution in [-0.2, 0) is 33.7 Å². The Balaban J connectivity index is 2.03. The monoisotopic (exact) mass is 442 g/mol. The molecule has 0 aliphatic rings. The molecule has 8 heteroatoms. The predicted molar refractivity (Wildman–Crippen MR) is 120 cm³/mol. The summed E-state index contributed by atoms with van der Waals surface area (Å²) in [6.07, 6.45) is 1.13. The summed E-state index contributed by atoms with van der Waals surface area (Å²) in [5.41, 5.74) is 2.83. The topological polar surface area (TPSA) is 79.1 Å². The SMILES string of the molecule is CCOC(=O)Cn1c(=NC(=O)Cc2ccc(CC)cc2)sc2cc(OC)c(OC)cc21. The van der Waals surface area contributed by atoms with Gasteiger partial charge in [-0.25, -0.2) is 0 Å². The number of rotatable bonds is 8. The van der Waals surface area contributed by atoms with Gasteiger partial charge in [-0.15, -0.1) is 0 Å². The molecular weight excluding hydrogens is 416 g/mol. The number of aryl methyl sites for hydroxylation is 1. The number of nitrogens with zero attached hydrogens (tertiary/aromatic N) is 2. The largest absolute Gasteiger partial charge is 0.493 e. The van der Waals surface area contributed by atoms with Crippen molar-refractivity contribution in [3.63, 3.8) is 0 Å². The lowest BCUT2D eigenvalue weighted by molar-refractivity contribution is -0.143. The van der Waals surface area contributed by atoms with Crippen molar-refractivity contribution in [1.29, 1.82) is 0 Å². The molecule has 0 saturated carbocycles. The van der Waals surface area contributed by atoms with Gasteiger partial charge in [0.15, 0.2) is 16.3 Å². The van der Waals surface area contributed by atoms with E-state index in [0.717, 1.165) is 22.2 Å². The van der Waals surface area contributed by atoms with E-state index in [-0.39, 0.29) is 25.5 Å². The van der Waals surface area contributed by atoms with Crippen molar-refractivity contribution < 1.29 is 23.8 Å². The zero-order valence-corrected chi connectivity index (χ0v) is 19.0. The Morgan fingerprint density at radius 2 is 1.65 bits per heavy atom. The molecule has 0 spiro atoms. The van der Waals surface area contributed by atoms with Crippen molar-refractivity contribution in [2.45, 2.75) is 33.2 Å². The molecule has 0 aliphatic heterocycles. The van der Waals surface area contributed by atoms with Gasteiger partial charge >= 0.3 is 5.97 Å². The van der Waals surface area contributed by atoms with Gasteiger partial charge in [0.05, 0.1) is 37.5 Å². The van der Waals surface area contributed by atoms with E-state index in [1.165, 1.54) is 16.9 Å². The molecule has 2 aromatic carbocycles. The van der Waals surface area contributed by atoms with Gasteiger partial charge in [-0.3, -0.25) is 9.59 Å². The molecular formula is C23H26N2O5S. The molecule has 0 atom stereocenters. The lowest BCUT2D eigenvalue weighted by atomic mass is 10.1. The smallest absolute Gasteiger partial charge is 0.326 e. The lowest BCUT2D eigenvalue weighted by Gasteiger charge is -2.09. The highest BCUT2D eigenvalue weighted by molar-refractivity contribution is 7.16. The summed E-state index contributed by atoms with van der Waals surface area (Å²) in [5, 5.41) is 0. The Kier molecular flexibility index (Phi) is 7.46. The van der Waals surface area contributed by atoms with Crippen LogP contribution in [0.4, 0.5) is 0 Å². The van der Waals surface area contributed by atoms with Crippen molar-refractivity contribution in [3.05, 3.63) is 52.3 Å². The van der Waals surface area contributed by atoms with Crippen molar-refractivity contribution in [1.82, 2.24) is 4.57 Å². The minimum absolute atomic E-state index is 0.0549. The zero-order valence-electron chi connectivity index (χ0n) is 18.1. The summed E-state index contributed by atoms with van der Waals surface area (Å²) < 4.78 is 18.4. The molecule has 0 saturated heterocycles. The molecule has 1 amide bonds. The van der Waals surface area contributed by atoms with Crippen LogP contribution in [-0.4, -0.2) is 37.3 Å². The van der Waals surface area contributed by atoms with E-state index in [0.29, 0.717) is 16.3 Å². The van der Waals surface area contributed by atoms with E-state index in [9.17, 15) is 9.59 Å². The maximum Gasteiger partial charge on any atom is 0.326 e. The van der Waals surface area contributed by atoms with Gasteiger partial charge < -0.3 is 18.8 Å². The molecule has 0 bridgehead atoms. The highest BCUT2D eigenvalue weighted by Gasteiger charge is 2.16. The second-order valence-electron chi connectivity index (χ2n) is 6.80. The fraction of sp³-hybridized carbons (Fsp3) is 0.348. The third-order valence-electron chi connectivity index (χ3n) is 4.79. The highest BCUT2D eigenvalue weighted by atomic mass is 32.1. The van der Waals surface area contributed by atoms with Crippen molar-refractivity contribution >= 4 is 33.4 Å². The zero-order chi connectivity index (χ0) is 22.4. The second-order valence-corrected chi connectivity index (χ2v) is 7.81. The van der Waals surface area contributed by atoms with E-state index < -0.39 is 5.97 Å². The van der Waals surface area contributed by atoms with Gasteiger partial charge in [-0.1, -0.05) is 42.5 Å². The van der Waals surface area contributed by atoms with Crippen LogP contribution in [0.5, 0.6) is 11.5 Å². The first-order valence-electron chi connectivity index (χ1n) is 10.0. The fourth-order valence-corrected chi connectivity index (χ4v) is 4.24. The van der Waals surface area contributed by atoms with Gasteiger partial charge in [-0.2, -0.15) is 4.99 Å². The number of hydrogen-bond acceptors (Lipinski definition) is 6. The number of hydrogen-bond donors (Lipinski definition) is 0. The van der Waals surface area contributed by atoms with Crippen LogP contribution in [0.1, 0.15) is 25.0 Å². The van der Waals surface area contributed by atoms with Crippen LogP contribution in [0.3, 0.4) is 0 Å². The van der Waals surface area contributed by atoms with Crippen LogP contribution >= 0.6 is 11.3 Å². The Morgan fingerprint density at radius 3 is 2.26 bits per heavy atom. The van der Waals surface area contributed by atoms with Gasteiger partial charge in [0, 0.05) is 12.1 Å². The number of thiazole rings is 1. The third-order valence-corrected chi connectivity index (χ3v) is 5.83. The first-order chi connectivity index (χ1) is 15.0. The molecule has 0 aliphatic carbocycles. The summed E-state index contributed by atoms with van der Waals surface area (Å²) in [6, 6.07) is 11.5. The van der Waals surface area contributed by atoms with Crippen molar-refractivity contribution in [2.75, 3.05) is 20.8 Å². The predicted octanol–water partition coefficient (Wildman–Crippen LogP) is 3.52. The fourth-order valence-electron chi connectivity index (χ4n) is 3.18. The van der Waals surface area contributed by atoms with E-state index >= 15 is 0 Å². The Bertz CT molecular complexity index is 1150. The average molecular weight is 443 g/mol. The quantitative estimate of drug-likeness (QED) is 0.499. The van der Waals surface area contributed by atoms with Gasteiger partial charge in [0.25, 0.3) is 5.91 Å². The molecule has 1 heterocycles. The van der Waals surface area contributed by atoms with Gasteiger partial charge in [0.1, 0.15) is 6.54 Å². The average Bonchev–Trinajstić information content (AvgIpc) is 3.08. The molecule has 164 valence electrons. The number of esters is 1. The van der Waals surface area contributed by atoms with E-state index in [2.05, 4.69) is 11.9 Å². The molecule has 3 aromatic rings. The second kappa shape index (κ2) is 10.3. The number of fused-ring (bicyclic) bond motifs is 1. The molecule has 0 fully saturated rings. The van der Waals surface area contributed by atoms with Crippen LogP contribution in [0.2, 0.25) is 0 Å². The summed E-state index contributed by atoms with van der Waals surface area (Å²) in [6.45, 7) is 4.06. The molecule has 1 aromatic heterocycles. The summed E-state index contributed by atoms with van der Waals surface area (Å²) >= 11 is 1.31. The number of aromatic nitrogens is 1. The number of carbonyl (C=O) groups excluding carboxylic acids is 2. The van der Waals surface area contributed by atoms with Crippen LogP contribution < -0.4 is 14.3 Å². The van der Waals surface area contributed by atoms with E-state index in [1.807, 2.05) is 30.3 Å². The number of carbonyl (C=O) groups is 2. The van der Waals surface area contributed by atoms with E-state index in [1.54, 1.807) is 31.8 Å². The molecule has 3 rings (SSSR count). The molecule has 0 unspecified atom stereocenters. The van der Waals surface area contributed by atoms with E-state index in [4.69, 9.17) is 14.2 Å².